The molecule has 3 aromatic rings. The minimum Gasteiger partial charge on any atom is -0.331 e. The number of thiazole rings is 1. The van der Waals surface area contributed by atoms with Crippen molar-refractivity contribution in [3.8, 4) is 0 Å². The third-order valence-electron chi connectivity index (χ3n) is 2.54. The third-order valence-corrected chi connectivity index (χ3v) is 3.73. The van der Waals surface area contributed by atoms with Crippen molar-refractivity contribution in [2.24, 2.45) is 0 Å². The van der Waals surface area contributed by atoms with Crippen LogP contribution in [0.25, 0.3) is 11.0 Å². The average Bonchev–Trinajstić information content (AvgIpc) is 2.88. The van der Waals surface area contributed by atoms with Crippen LogP contribution in [0.1, 0.15) is 5.69 Å². The number of rotatable bonds is 2. The van der Waals surface area contributed by atoms with E-state index in [1.807, 2.05) is 33.7 Å². The summed E-state index contributed by atoms with van der Waals surface area (Å²) in [5.41, 5.74) is 4.84. The van der Waals surface area contributed by atoms with Crippen molar-refractivity contribution in [1.29, 1.82) is 0 Å². The summed E-state index contributed by atoms with van der Waals surface area (Å²) in [7, 11) is 0. The number of benzene rings is 1. The molecule has 0 unspecified atom stereocenters. The largest absolute Gasteiger partial charge is 0.331 e. The maximum absolute atomic E-state index is 5.95. The van der Waals surface area contributed by atoms with Crippen molar-refractivity contribution < 1.29 is 0 Å². The van der Waals surface area contributed by atoms with Gasteiger partial charge in [0.25, 0.3) is 0 Å². The van der Waals surface area contributed by atoms with Gasteiger partial charge >= 0.3 is 0 Å². The lowest BCUT2D eigenvalue weighted by atomic mass is 10.3. The number of halogens is 1. The first-order valence-corrected chi connectivity index (χ1v) is 6.72. The van der Waals surface area contributed by atoms with E-state index in [0.29, 0.717) is 16.3 Å². The number of aromatic amines is 1. The molecule has 0 radical (unpaired) electrons. The summed E-state index contributed by atoms with van der Waals surface area (Å²) in [5.74, 6) is 0. The van der Waals surface area contributed by atoms with Crippen molar-refractivity contribution in [3.05, 3.63) is 44.6 Å². The normalized spacial score (nSPS) is 11.1. The molecule has 86 valence electrons. The molecule has 2 heterocycles. The molecule has 0 fully saturated rings. The Morgan fingerprint density at radius 3 is 3.12 bits per heavy atom. The van der Waals surface area contributed by atoms with Crippen LogP contribution >= 0.6 is 35.2 Å². The van der Waals surface area contributed by atoms with Crippen LogP contribution in [0.4, 0.5) is 0 Å². The van der Waals surface area contributed by atoms with Crippen LogP contribution in [0, 0.1) is 4.77 Å². The smallest absolute Gasteiger partial charge is 0.178 e. The van der Waals surface area contributed by atoms with Gasteiger partial charge in [-0.25, -0.2) is 4.98 Å². The molecule has 0 atom stereocenters. The Bertz CT molecular complexity index is 712. The predicted molar refractivity (Wildman–Crippen MR) is 73.3 cm³/mol. The van der Waals surface area contributed by atoms with Crippen LogP contribution in [0.15, 0.2) is 29.1 Å². The van der Waals surface area contributed by atoms with Gasteiger partial charge in [-0.15, -0.1) is 11.3 Å². The van der Waals surface area contributed by atoms with Gasteiger partial charge < -0.3 is 9.55 Å². The van der Waals surface area contributed by atoms with Gasteiger partial charge in [0.1, 0.15) is 0 Å². The zero-order valence-electron chi connectivity index (χ0n) is 8.68. The second-order valence-electron chi connectivity index (χ2n) is 3.66. The quantitative estimate of drug-likeness (QED) is 0.724. The van der Waals surface area contributed by atoms with Gasteiger partial charge in [-0.2, -0.15) is 0 Å². The Morgan fingerprint density at radius 1 is 1.47 bits per heavy atom. The van der Waals surface area contributed by atoms with Gasteiger partial charge in [-0.05, 0) is 30.4 Å². The van der Waals surface area contributed by atoms with Gasteiger partial charge in [-0.1, -0.05) is 11.6 Å². The molecule has 0 saturated carbocycles. The molecule has 0 aliphatic carbocycles. The number of hydrogen-bond donors (Lipinski definition) is 1. The van der Waals surface area contributed by atoms with E-state index >= 15 is 0 Å². The van der Waals surface area contributed by atoms with E-state index in [9.17, 15) is 0 Å². The lowest BCUT2D eigenvalue weighted by Crippen LogP contribution is -1.99. The van der Waals surface area contributed by atoms with Crippen LogP contribution in [0.3, 0.4) is 0 Å². The summed E-state index contributed by atoms with van der Waals surface area (Å²) < 4.78 is 2.71. The van der Waals surface area contributed by atoms with Crippen molar-refractivity contribution in [1.82, 2.24) is 14.5 Å². The first-order valence-electron chi connectivity index (χ1n) is 4.99. The number of H-pyrrole nitrogens is 1. The SMILES string of the molecule is S=c1[nH]c2cc(Cl)ccc2n1Cc1cscn1. The molecule has 0 bridgehead atoms. The molecule has 3 rings (SSSR count). The Kier molecular flexibility index (Phi) is 2.74. The Hall–Kier alpha value is -1.17. The fourth-order valence-corrected chi connectivity index (χ4v) is 2.76. The topological polar surface area (TPSA) is 33.6 Å². The molecule has 0 saturated heterocycles. The molecule has 0 aliphatic rings. The maximum Gasteiger partial charge on any atom is 0.178 e. The van der Waals surface area contributed by atoms with Crippen molar-refractivity contribution in [3.63, 3.8) is 0 Å². The highest BCUT2D eigenvalue weighted by atomic mass is 35.5. The molecule has 1 N–H and O–H groups in total. The molecule has 3 nitrogen and oxygen atoms in total. The molecule has 17 heavy (non-hydrogen) atoms. The van der Waals surface area contributed by atoms with E-state index in [1.54, 1.807) is 11.3 Å². The average molecular weight is 282 g/mol. The number of nitrogens with one attached hydrogen (secondary N) is 1. The van der Waals surface area contributed by atoms with E-state index in [1.165, 1.54) is 0 Å². The molecule has 0 spiro atoms. The number of nitrogens with zero attached hydrogens (tertiary/aromatic N) is 2. The van der Waals surface area contributed by atoms with E-state index in [2.05, 4.69) is 9.97 Å². The molecule has 1 aromatic carbocycles. The lowest BCUT2D eigenvalue weighted by Gasteiger charge is -2.01. The van der Waals surface area contributed by atoms with Crippen LogP contribution < -0.4 is 0 Å². The molecular formula is C11H8ClN3S2. The number of imidazole rings is 1. The second kappa shape index (κ2) is 4.25. The number of hydrogen-bond acceptors (Lipinski definition) is 3. The maximum atomic E-state index is 5.95. The summed E-state index contributed by atoms with van der Waals surface area (Å²) in [6.07, 6.45) is 0. The first kappa shape index (κ1) is 11.0. The van der Waals surface area contributed by atoms with Gasteiger partial charge in [0.2, 0.25) is 0 Å². The van der Waals surface area contributed by atoms with Gasteiger partial charge in [0, 0.05) is 10.4 Å². The first-order chi connectivity index (χ1) is 8.24. The number of fused-ring (bicyclic) bond motifs is 1. The summed E-state index contributed by atoms with van der Waals surface area (Å²) >= 11 is 12.8. The summed E-state index contributed by atoms with van der Waals surface area (Å²) in [4.78, 5) is 7.42. The molecule has 0 aliphatic heterocycles. The van der Waals surface area contributed by atoms with Crippen molar-refractivity contribution in [2.75, 3.05) is 0 Å². The minimum absolute atomic E-state index is 0.684. The van der Waals surface area contributed by atoms with E-state index < -0.39 is 0 Å². The zero-order chi connectivity index (χ0) is 11.8. The molecule has 0 amide bonds. The van der Waals surface area contributed by atoms with Crippen LogP contribution in [-0.4, -0.2) is 14.5 Å². The minimum atomic E-state index is 0.684. The van der Waals surface area contributed by atoms with Crippen molar-refractivity contribution in [2.45, 2.75) is 6.54 Å². The Labute approximate surface area is 112 Å². The van der Waals surface area contributed by atoms with E-state index in [4.69, 9.17) is 23.8 Å². The van der Waals surface area contributed by atoms with Crippen LogP contribution in [0.2, 0.25) is 5.02 Å². The molecule has 2 aromatic heterocycles. The summed E-state index contributed by atoms with van der Waals surface area (Å²) in [6, 6.07) is 5.71. The molecule has 6 heteroatoms. The van der Waals surface area contributed by atoms with E-state index in [0.717, 1.165) is 16.7 Å². The third kappa shape index (κ3) is 2.01. The zero-order valence-corrected chi connectivity index (χ0v) is 11.1. The highest BCUT2D eigenvalue weighted by Crippen LogP contribution is 2.20. The van der Waals surface area contributed by atoms with Crippen molar-refractivity contribution >= 4 is 46.2 Å². The fraction of sp³-hybridized carbons (Fsp3) is 0.0909. The predicted octanol–water partition coefficient (Wildman–Crippen LogP) is 3.86. The highest BCUT2D eigenvalue weighted by Gasteiger charge is 2.06. The van der Waals surface area contributed by atoms with Gasteiger partial charge in [-0.3, -0.25) is 0 Å². The van der Waals surface area contributed by atoms with Gasteiger partial charge in [0.15, 0.2) is 4.77 Å². The van der Waals surface area contributed by atoms with E-state index in [-0.39, 0.29) is 0 Å². The standard InChI is InChI=1S/C11H8ClN3S2/c12-7-1-2-10-9(3-7)14-11(16)15(10)4-8-5-17-6-13-8/h1-3,5-6H,4H2,(H,14,16). The second-order valence-corrected chi connectivity index (χ2v) is 5.20. The monoisotopic (exact) mass is 281 g/mol. The fourth-order valence-electron chi connectivity index (χ4n) is 1.77. The van der Waals surface area contributed by atoms with Gasteiger partial charge in [0.05, 0.1) is 28.8 Å². The summed E-state index contributed by atoms with van der Waals surface area (Å²) in [6.45, 7) is 0.684. The van der Waals surface area contributed by atoms with Crippen LogP contribution in [-0.2, 0) is 6.54 Å². The van der Waals surface area contributed by atoms with Crippen LogP contribution in [0.5, 0.6) is 0 Å². The Balaban J connectivity index is 2.16. The Morgan fingerprint density at radius 2 is 2.35 bits per heavy atom. The molecular weight excluding hydrogens is 274 g/mol. The number of aromatic nitrogens is 3. The lowest BCUT2D eigenvalue weighted by molar-refractivity contribution is 0.791. The highest BCUT2D eigenvalue weighted by molar-refractivity contribution is 7.71. The summed E-state index contributed by atoms with van der Waals surface area (Å²) in [5, 5.41) is 2.73.